The number of nitrogens with two attached hydrogens (primary N) is 1. The molecular formula is C11H22N2S. The Morgan fingerprint density at radius 3 is 2.43 bits per heavy atom. The summed E-state index contributed by atoms with van der Waals surface area (Å²) in [7, 11) is 0. The van der Waals surface area contributed by atoms with Gasteiger partial charge in [0.2, 0.25) is 0 Å². The van der Waals surface area contributed by atoms with Gasteiger partial charge in [0, 0.05) is 13.1 Å². The van der Waals surface area contributed by atoms with Gasteiger partial charge in [-0.25, -0.2) is 0 Å². The summed E-state index contributed by atoms with van der Waals surface area (Å²) >= 11 is 5.44. The van der Waals surface area contributed by atoms with Crippen molar-refractivity contribution in [2.24, 2.45) is 11.7 Å². The maximum Gasteiger partial charge on any atom is 0.0952 e. The highest BCUT2D eigenvalue weighted by Gasteiger charge is 2.22. The Morgan fingerprint density at radius 1 is 1.36 bits per heavy atom. The maximum absolute atomic E-state index is 6.12. The van der Waals surface area contributed by atoms with Gasteiger partial charge in [-0.05, 0) is 25.2 Å². The number of likely N-dealkylation sites (tertiary alicyclic amines) is 1. The largest absolute Gasteiger partial charge is 0.365 e. The summed E-state index contributed by atoms with van der Waals surface area (Å²) in [5, 5.41) is 0. The molecule has 1 rings (SSSR count). The Bertz CT molecular complexity index is 184. The predicted octanol–water partition coefficient (Wildman–Crippen LogP) is 2.17. The Morgan fingerprint density at radius 2 is 1.93 bits per heavy atom. The summed E-state index contributed by atoms with van der Waals surface area (Å²) < 4.78 is 0. The van der Waals surface area contributed by atoms with Crippen molar-refractivity contribution in [2.75, 3.05) is 13.1 Å². The van der Waals surface area contributed by atoms with Gasteiger partial charge < -0.3 is 10.6 Å². The molecule has 0 aromatic heterocycles. The molecule has 3 heteroatoms. The van der Waals surface area contributed by atoms with Crippen molar-refractivity contribution in [3.63, 3.8) is 0 Å². The molecule has 1 aliphatic rings. The molecule has 14 heavy (non-hydrogen) atoms. The van der Waals surface area contributed by atoms with Gasteiger partial charge in [-0.15, -0.1) is 0 Å². The van der Waals surface area contributed by atoms with E-state index in [1.54, 1.807) is 0 Å². The summed E-state index contributed by atoms with van der Waals surface area (Å²) in [6.45, 7) is 6.58. The molecule has 0 aliphatic carbocycles. The third kappa shape index (κ3) is 2.92. The van der Waals surface area contributed by atoms with E-state index in [0.29, 0.717) is 5.92 Å². The van der Waals surface area contributed by atoms with E-state index in [1.165, 1.54) is 19.3 Å². The van der Waals surface area contributed by atoms with E-state index in [-0.39, 0.29) is 6.04 Å². The molecule has 0 amide bonds. The topological polar surface area (TPSA) is 29.3 Å². The quantitative estimate of drug-likeness (QED) is 0.730. The molecule has 1 aliphatic heterocycles. The molecule has 0 bridgehead atoms. The van der Waals surface area contributed by atoms with Gasteiger partial charge in [-0.1, -0.05) is 32.5 Å². The second-order valence-corrected chi connectivity index (χ2v) is 4.72. The van der Waals surface area contributed by atoms with Gasteiger partial charge in [0.15, 0.2) is 0 Å². The van der Waals surface area contributed by atoms with Crippen LogP contribution in [-0.4, -0.2) is 29.0 Å². The lowest BCUT2D eigenvalue weighted by atomic mass is 9.98. The zero-order valence-corrected chi connectivity index (χ0v) is 10.1. The number of thiocarbonyl (C=S) groups is 1. The zero-order valence-electron chi connectivity index (χ0n) is 9.33. The summed E-state index contributed by atoms with van der Waals surface area (Å²) in [4.78, 5) is 3.29. The highest BCUT2D eigenvalue weighted by atomic mass is 32.1. The Balaban J connectivity index is 2.46. The third-order valence-corrected chi connectivity index (χ3v) is 3.74. The van der Waals surface area contributed by atoms with Crippen LogP contribution in [0.5, 0.6) is 0 Å². The molecule has 0 spiro atoms. The van der Waals surface area contributed by atoms with E-state index in [4.69, 9.17) is 18.0 Å². The molecule has 0 aromatic carbocycles. The van der Waals surface area contributed by atoms with Gasteiger partial charge in [0.05, 0.1) is 11.0 Å². The van der Waals surface area contributed by atoms with Crippen LogP contribution in [0.15, 0.2) is 0 Å². The van der Waals surface area contributed by atoms with Crippen molar-refractivity contribution in [3.8, 4) is 0 Å². The van der Waals surface area contributed by atoms with E-state index in [2.05, 4.69) is 18.7 Å². The SMILES string of the molecule is CC[C@H](C)C(N)C(=S)N1CCCCC1. The lowest BCUT2D eigenvalue weighted by Gasteiger charge is -2.33. The van der Waals surface area contributed by atoms with Crippen LogP contribution in [0, 0.1) is 5.92 Å². The number of hydrogen-bond acceptors (Lipinski definition) is 2. The first-order valence-corrected chi connectivity index (χ1v) is 6.12. The van der Waals surface area contributed by atoms with Gasteiger partial charge in [0.25, 0.3) is 0 Å². The molecule has 82 valence electrons. The molecule has 1 fully saturated rings. The van der Waals surface area contributed by atoms with E-state index >= 15 is 0 Å². The minimum absolute atomic E-state index is 0.0769. The molecule has 1 heterocycles. The Labute approximate surface area is 92.8 Å². The van der Waals surface area contributed by atoms with Crippen LogP contribution < -0.4 is 5.73 Å². The second-order valence-electron chi connectivity index (χ2n) is 4.30. The van der Waals surface area contributed by atoms with E-state index in [9.17, 15) is 0 Å². The van der Waals surface area contributed by atoms with Gasteiger partial charge >= 0.3 is 0 Å². The minimum Gasteiger partial charge on any atom is -0.365 e. The van der Waals surface area contributed by atoms with E-state index in [0.717, 1.165) is 24.5 Å². The van der Waals surface area contributed by atoms with Crippen LogP contribution in [0.2, 0.25) is 0 Å². The average Bonchev–Trinajstić information content (AvgIpc) is 2.27. The second kappa shape index (κ2) is 5.66. The van der Waals surface area contributed by atoms with Crippen LogP contribution in [0.1, 0.15) is 39.5 Å². The summed E-state index contributed by atoms with van der Waals surface area (Å²) in [5.74, 6) is 0.504. The van der Waals surface area contributed by atoms with Crippen LogP contribution >= 0.6 is 12.2 Å². The summed E-state index contributed by atoms with van der Waals surface area (Å²) in [6, 6.07) is 0.0769. The van der Waals surface area contributed by atoms with E-state index < -0.39 is 0 Å². The number of hydrogen-bond donors (Lipinski definition) is 1. The molecule has 0 aromatic rings. The lowest BCUT2D eigenvalue weighted by Crippen LogP contribution is -2.47. The fourth-order valence-electron chi connectivity index (χ4n) is 1.82. The average molecular weight is 214 g/mol. The standard InChI is InChI=1S/C11H22N2S/c1-3-9(2)10(12)11(14)13-7-5-4-6-8-13/h9-10H,3-8,12H2,1-2H3/t9-,10?/m0/s1. The van der Waals surface area contributed by atoms with Crippen LogP contribution in [-0.2, 0) is 0 Å². The Kier molecular flexibility index (Phi) is 4.82. The van der Waals surface area contributed by atoms with Crippen molar-refractivity contribution in [1.82, 2.24) is 4.90 Å². The van der Waals surface area contributed by atoms with Crippen molar-refractivity contribution in [2.45, 2.75) is 45.6 Å². The van der Waals surface area contributed by atoms with Crippen molar-refractivity contribution < 1.29 is 0 Å². The van der Waals surface area contributed by atoms with Crippen molar-refractivity contribution >= 4 is 17.2 Å². The molecule has 0 radical (unpaired) electrons. The zero-order chi connectivity index (χ0) is 10.6. The maximum atomic E-state index is 6.12. The number of rotatable bonds is 3. The van der Waals surface area contributed by atoms with E-state index in [1.807, 2.05) is 0 Å². The highest BCUT2D eigenvalue weighted by molar-refractivity contribution is 7.80. The normalized spacial score (nSPS) is 21.8. The first kappa shape index (κ1) is 11.9. The van der Waals surface area contributed by atoms with Crippen molar-refractivity contribution in [3.05, 3.63) is 0 Å². The molecule has 2 atom stereocenters. The van der Waals surface area contributed by atoms with Crippen molar-refractivity contribution in [1.29, 1.82) is 0 Å². The first-order valence-electron chi connectivity index (χ1n) is 5.71. The number of piperidine rings is 1. The predicted molar refractivity (Wildman–Crippen MR) is 65.5 cm³/mol. The Hall–Kier alpha value is -0.150. The molecular weight excluding hydrogens is 192 g/mol. The van der Waals surface area contributed by atoms with Crippen LogP contribution in [0.25, 0.3) is 0 Å². The third-order valence-electron chi connectivity index (χ3n) is 3.21. The number of nitrogens with zero attached hydrogens (tertiary/aromatic N) is 1. The van der Waals surface area contributed by atoms with Crippen LogP contribution in [0.4, 0.5) is 0 Å². The van der Waals surface area contributed by atoms with Crippen LogP contribution in [0.3, 0.4) is 0 Å². The highest BCUT2D eigenvalue weighted by Crippen LogP contribution is 2.14. The van der Waals surface area contributed by atoms with Gasteiger partial charge in [0.1, 0.15) is 0 Å². The fourth-order valence-corrected chi connectivity index (χ4v) is 2.24. The molecule has 1 unspecified atom stereocenters. The smallest absolute Gasteiger partial charge is 0.0952 e. The molecule has 2 nitrogen and oxygen atoms in total. The first-order chi connectivity index (χ1) is 6.66. The summed E-state index contributed by atoms with van der Waals surface area (Å²) in [5.41, 5.74) is 6.12. The lowest BCUT2D eigenvalue weighted by molar-refractivity contribution is 0.330. The fraction of sp³-hybridized carbons (Fsp3) is 0.909. The van der Waals surface area contributed by atoms with Gasteiger partial charge in [-0.3, -0.25) is 0 Å². The van der Waals surface area contributed by atoms with Gasteiger partial charge in [-0.2, -0.15) is 0 Å². The summed E-state index contributed by atoms with van der Waals surface area (Å²) in [6.07, 6.45) is 4.99. The molecule has 2 N–H and O–H groups in total. The molecule has 0 saturated carbocycles. The molecule has 1 saturated heterocycles. The minimum atomic E-state index is 0.0769. The monoisotopic (exact) mass is 214 g/mol.